The maximum Gasteiger partial charge on any atom is 0.337 e. The van der Waals surface area contributed by atoms with Gasteiger partial charge in [-0.15, -0.1) is 0 Å². The molecule has 0 bridgehead atoms. The fourth-order valence-electron chi connectivity index (χ4n) is 2.30. The first-order valence-corrected chi connectivity index (χ1v) is 8.33. The number of carbonyl (C=O) groups excluding carboxylic acids is 2. The molecule has 0 atom stereocenters. The van der Waals surface area contributed by atoms with Crippen LogP contribution in [-0.4, -0.2) is 30.5 Å². The van der Waals surface area contributed by atoms with Gasteiger partial charge in [-0.3, -0.25) is 4.79 Å². The number of rotatable bonds is 8. The van der Waals surface area contributed by atoms with Crippen LogP contribution < -0.4 is 10.6 Å². The number of methoxy groups -OCH3 is 1. The van der Waals surface area contributed by atoms with Crippen molar-refractivity contribution in [3.63, 3.8) is 0 Å². The van der Waals surface area contributed by atoms with Crippen LogP contribution in [0, 0.1) is 0 Å². The van der Waals surface area contributed by atoms with E-state index in [9.17, 15) is 9.59 Å². The average molecular weight is 341 g/mol. The Morgan fingerprint density at radius 1 is 1.12 bits per heavy atom. The summed E-state index contributed by atoms with van der Waals surface area (Å²) in [5.41, 5.74) is 1.41. The van der Waals surface area contributed by atoms with Crippen molar-refractivity contribution in [1.29, 1.82) is 0 Å². The van der Waals surface area contributed by atoms with Gasteiger partial charge in [0.15, 0.2) is 0 Å². The van der Waals surface area contributed by atoms with Gasteiger partial charge in [-0.2, -0.15) is 0 Å². The number of anilines is 2. The van der Waals surface area contributed by atoms with Gasteiger partial charge in [-0.1, -0.05) is 25.8 Å². The van der Waals surface area contributed by atoms with Gasteiger partial charge < -0.3 is 15.4 Å². The molecular formula is C19H23N3O3. The monoisotopic (exact) mass is 341 g/mol. The zero-order chi connectivity index (χ0) is 18.1. The number of unbranched alkanes of at least 4 members (excludes halogenated alkanes) is 2. The van der Waals surface area contributed by atoms with Crippen molar-refractivity contribution in [2.24, 2.45) is 0 Å². The molecule has 1 aromatic heterocycles. The van der Waals surface area contributed by atoms with Crippen LogP contribution in [0.1, 0.15) is 46.9 Å². The van der Waals surface area contributed by atoms with Crippen LogP contribution in [0.5, 0.6) is 0 Å². The second-order valence-electron chi connectivity index (χ2n) is 5.59. The van der Waals surface area contributed by atoms with Crippen molar-refractivity contribution in [3.05, 3.63) is 53.7 Å². The lowest BCUT2D eigenvalue weighted by Crippen LogP contribution is -2.13. The molecule has 6 nitrogen and oxygen atoms in total. The smallest absolute Gasteiger partial charge is 0.337 e. The van der Waals surface area contributed by atoms with Crippen LogP contribution in [-0.2, 0) is 4.74 Å². The van der Waals surface area contributed by atoms with E-state index in [0.717, 1.165) is 25.8 Å². The summed E-state index contributed by atoms with van der Waals surface area (Å²) in [7, 11) is 1.32. The molecule has 1 amide bonds. The van der Waals surface area contributed by atoms with E-state index >= 15 is 0 Å². The summed E-state index contributed by atoms with van der Waals surface area (Å²) >= 11 is 0. The number of nitrogens with zero attached hydrogens (tertiary/aromatic N) is 1. The van der Waals surface area contributed by atoms with Crippen LogP contribution in [0.15, 0.2) is 42.6 Å². The molecular weight excluding hydrogens is 318 g/mol. The first kappa shape index (κ1) is 18.4. The number of hydrogen-bond acceptors (Lipinski definition) is 5. The highest BCUT2D eigenvalue weighted by molar-refractivity contribution is 6.05. The topological polar surface area (TPSA) is 80.3 Å². The molecule has 0 aliphatic carbocycles. The van der Waals surface area contributed by atoms with Crippen molar-refractivity contribution in [2.45, 2.75) is 26.2 Å². The molecule has 0 unspecified atom stereocenters. The van der Waals surface area contributed by atoms with Gasteiger partial charge in [0, 0.05) is 24.0 Å². The van der Waals surface area contributed by atoms with Gasteiger partial charge >= 0.3 is 5.97 Å². The third-order valence-corrected chi connectivity index (χ3v) is 3.65. The highest BCUT2D eigenvalue weighted by Gasteiger charge is 2.10. The molecule has 2 N–H and O–H groups in total. The zero-order valence-electron chi connectivity index (χ0n) is 14.5. The fourth-order valence-corrected chi connectivity index (χ4v) is 2.30. The quantitative estimate of drug-likeness (QED) is 0.565. The van der Waals surface area contributed by atoms with Crippen LogP contribution in [0.3, 0.4) is 0 Å². The molecule has 0 aliphatic rings. The van der Waals surface area contributed by atoms with Crippen molar-refractivity contribution in [1.82, 2.24) is 4.98 Å². The van der Waals surface area contributed by atoms with Crippen molar-refractivity contribution < 1.29 is 14.3 Å². The summed E-state index contributed by atoms with van der Waals surface area (Å²) in [6.07, 6.45) is 4.97. The number of benzene rings is 1. The normalized spacial score (nSPS) is 10.2. The largest absolute Gasteiger partial charge is 0.465 e. The van der Waals surface area contributed by atoms with Gasteiger partial charge in [-0.25, -0.2) is 9.78 Å². The Hall–Kier alpha value is -2.89. The van der Waals surface area contributed by atoms with Crippen LogP contribution >= 0.6 is 0 Å². The molecule has 0 radical (unpaired) electrons. The van der Waals surface area contributed by atoms with E-state index < -0.39 is 5.97 Å². The Kier molecular flexibility index (Phi) is 6.95. The Labute approximate surface area is 147 Å². The first-order chi connectivity index (χ1) is 12.1. The molecule has 2 rings (SSSR count). The first-order valence-electron chi connectivity index (χ1n) is 8.33. The summed E-state index contributed by atoms with van der Waals surface area (Å²) in [6, 6.07) is 9.98. The highest BCUT2D eigenvalue weighted by atomic mass is 16.5. The fraction of sp³-hybridized carbons (Fsp3) is 0.316. The summed E-state index contributed by atoms with van der Waals surface area (Å²) < 4.78 is 4.68. The number of pyridine rings is 1. The summed E-state index contributed by atoms with van der Waals surface area (Å²) in [5.74, 6) is -0.0355. The van der Waals surface area contributed by atoms with E-state index in [2.05, 4.69) is 27.3 Å². The van der Waals surface area contributed by atoms with E-state index in [4.69, 9.17) is 0 Å². The van der Waals surface area contributed by atoms with E-state index in [1.165, 1.54) is 7.11 Å². The van der Waals surface area contributed by atoms with Crippen LogP contribution in [0.4, 0.5) is 11.5 Å². The summed E-state index contributed by atoms with van der Waals surface area (Å²) in [4.78, 5) is 28.2. The molecule has 132 valence electrons. The molecule has 0 spiro atoms. The molecule has 2 aromatic rings. The predicted molar refractivity (Wildman–Crippen MR) is 98.0 cm³/mol. The van der Waals surface area contributed by atoms with Crippen molar-refractivity contribution >= 4 is 23.4 Å². The second-order valence-corrected chi connectivity index (χ2v) is 5.59. The molecule has 1 heterocycles. The number of nitrogens with one attached hydrogen (secondary N) is 2. The van der Waals surface area contributed by atoms with Gasteiger partial charge in [0.1, 0.15) is 5.82 Å². The molecule has 1 aromatic carbocycles. The Morgan fingerprint density at radius 2 is 1.96 bits per heavy atom. The van der Waals surface area contributed by atoms with Gasteiger partial charge in [0.2, 0.25) is 0 Å². The minimum atomic E-state index is -0.446. The molecule has 6 heteroatoms. The highest BCUT2D eigenvalue weighted by Crippen LogP contribution is 2.14. The summed E-state index contributed by atoms with van der Waals surface area (Å²) in [6.45, 7) is 2.98. The number of aromatic nitrogens is 1. The average Bonchev–Trinajstić information content (AvgIpc) is 2.65. The standard InChI is InChI=1S/C19H23N3O3/c1-3-4-5-10-20-17-13-14(9-11-21-17)18(23)22-16-8-6-7-15(12-16)19(24)25-2/h6-9,11-13H,3-5,10H2,1-2H3,(H,20,21)(H,22,23). The maximum atomic E-state index is 12.4. The van der Waals surface area contributed by atoms with Gasteiger partial charge in [0.05, 0.1) is 12.7 Å². The lowest BCUT2D eigenvalue weighted by molar-refractivity contribution is 0.0600. The second kappa shape index (κ2) is 9.42. The Bertz CT molecular complexity index is 731. The molecule has 0 saturated carbocycles. The zero-order valence-corrected chi connectivity index (χ0v) is 14.5. The predicted octanol–water partition coefficient (Wildman–Crippen LogP) is 3.72. The number of amides is 1. The van der Waals surface area contributed by atoms with Crippen molar-refractivity contribution in [2.75, 3.05) is 24.3 Å². The number of esters is 1. The lowest BCUT2D eigenvalue weighted by Gasteiger charge is -2.09. The number of hydrogen-bond donors (Lipinski definition) is 2. The van der Waals surface area contributed by atoms with Gasteiger partial charge in [0.25, 0.3) is 5.91 Å². The SMILES string of the molecule is CCCCCNc1cc(C(=O)Nc2cccc(C(=O)OC)c2)ccn1. The van der Waals surface area contributed by atoms with E-state index in [-0.39, 0.29) is 5.91 Å². The van der Waals surface area contributed by atoms with E-state index in [0.29, 0.717) is 22.6 Å². The third kappa shape index (κ3) is 5.60. The Balaban J connectivity index is 2.02. The molecule has 0 fully saturated rings. The maximum absolute atomic E-state index is 12.4. The third-order valence-electron chi connectivity index (χ3n) is 3.65. The van der Waals surface area contributed by atoms with E-state index in [1.807, 2.05) is 0 Å². The Morgan fingerprint density at radius 3 is 2.72 bits per heavy atom. The van der Waals surface area contributed by atoms with Gasteiger partial charge in [-0.05, 0) is 36.8 Å². The van der Waals surface area contributed by atoms with Crippen LogP contribution in [0.25, 0.3) is 0 Å². The van der Waals surface area contributed by atoms with Crippen LogP contribution in [0.2, 0.25) is 0 Å². The number of carbonyl (C=O) groups is 2. The summed E-state index contributed by atoms with van der Waals surface area (Å²) in [5, 5.41) is 6.00. The molecule has 25 heavy (non-hydrogen) atoms. The van der Waals surface area contributed by atoms with Crippen molar-refractivity contribution in [3.8, 4) is 0 Å². The lowest BCUT2D eigenvalue weighted by atomic mass is 10.2. The minimum Gasteiger partial charge on any atom is -0.465 e. The molecule has 0 aliphatic heterocycles. The number of ether oxygens (including phenoxy) is 1. The molecule has 0 saturated heterocycles. The minimum absolute atomic E-state index is 0.263. The van der Waals surface area contributed by atoms with E-state index in [1.54, 1.807) is 42.6 Å².